The van der Waals surface area contributed by atoms with E-state index in [2.05, 4.69) is 10.4 Å². The molecule has 28 heavy (non-hydrogen) atoms. The molecule has 0 aliphatic rings. The summed E-state index contributed by atoms with van der Waals surface area (Å²) in [6, 6.07) is 11.4. The normalized spacial score (nSPS) is 11.3. The number of nitrogens with zero attached hydrogens (tertiary/aromatic N) is 2. The summed E-state index contributed by atoms with van der Waals surface area (Å²) in [6.45, 7) is 0.179. The summed E-state index contributed by atoms with van der Waals surface area (Å²) in [5.74, 6) is -1.06. The van der Waals surface area contributed by atoms with Crippen LogP contribution in [0.1, 0.15) is 16.1 Å². The molecule has 0 spiro atoms. The highest BCUT2D eigenvalue weighted by molar-refractivity contribution is 6.05. The summed E-state index contributed by atoms with van der Waals surface area (Å²) in [6.07, 6.45) is -3.17. The molecule has 0 radical (unpaired) electrons. The van der Waals surface area contributed by atoms with Crippen LogP contribution in [0.5, 0.6) is 5.75 Å². The number of halogens is 4. The minimum Gasteiger partial charge on any atom is -0.482 e. The number of rotatable bonds is 5. The van der Waals surface area contributed by atoms with E-state index >= 15 is 0 Å². The zero-order valence-electron chi connectivity index (χ0n) is 14.6. The number of nitrogens with one attached hydrogen (secondary N) is 1. The molecule has 1 amide bonds. The van der Waals surface area contributed by atoms with Gasteiger partial charge in [-0.15, -0.1) is 0 Å². The molecule has 1 aromatic heterocycles. The van der Waals surface area contributed by atoms with Gasteiger partial charge in [0.05, 0.1) is 28.8 Å². The third-order valence-corrected chi connectivity index (χ3v) is 3.85. The second kappa shape index (κ2) is 7.71. The minimum absolute atomic E-state index is 0.100. The zero-order chi connectivity index (χ0) is 20.3. The Labute approximate surface area is 157 Å². The van der Waals surface area contributed by atoms with E-state index < -0.39 is 24.5 Å². The van der Waals surface area contributed by atoms with Crippen molar-refractivity contribution in [1.29, 1.82) is 0 Å². The van der Waals surface area contributed by atoms with Gasteiger partial charge in [0.25, 0.3) is 5.91 Å². The first-order valence-electron chi connectivity index (χ1n) is 8.15. The van der Waals surface area contributed by atoms with Crippen LogP contribution in [0.3, 0.4) is 0 Å². The van der Waals surface area contributed by atoms with Crippen molar-refractivity contribution in [2.45, 2.75) is 13.1 Å². The van der Waals surface area contributed by atoms with Gasteiger partial charge >= 0.3 is 6.18 Å². The third-order valence-electron chi connectivity index (χ3n) is 3.85. The molecule has 3 aromatic rings. The van der Waals surface area contributed by atoms with Gasteiger partial charge in [-0.05, 0) is 43.3 Å². The Morgan fingerprint density at radius 1 is 1.14 bits per heavy atom. The molecule has 1 N–H and O–H groups in total. The Morgan fingerprint density at radius 3 is 2.50 bits per heavy atom. The van der Waals surface area contributed by atoms with E-state index in [1.807, 2.05) is 0 Å². The first-order chi connectivity index (χ1) is 13.2. The van der Waals surface area contributed by atoms with E-state index in [9.17, 15) is 22.4 Å². The maximum Gasteiger partial charge on any atom is 0.422 e. The van der Waals surface area contributed by atoms with Gasteiger partial charge in [0.1, 0.15) is 11.6 Å². The maximum atomic E-state index is 13.1. The molecule has 2 aromatic carbocycles. The number of ether oxygens (including phenoxy) is 1. The summed E-state index contributed by atoms with van der Waals surface area (Å²) in [5.41, 5.74) is 1.37. The lowest BCUT2D eigenvalue weighted by atomic mass is 10.2. The Balaban J connectivity index is 1.80. The first kappa shape index (κ1) is 19.4. The molecule has 0 bridgehead atoms. The number of hydrogen-bond donors (Lipinski definition) is 1. The van der Waals surface area contributed by atoms with Crippen molar-refractivity contribution in [3.8, 4) is 11.4 Å². The van der Waals surface area contributed by atoms with Crippen molar-refractivity contribution in [3.05, 3.63) is 71.8 Å². The highest BCUT2D eigenvalue weighted by Gasteiger charge is 2.29. The number of benzene rings is 2. The van der Waals surface area contributed by atoms with Gasteiger partial charge in [-0.25, -0.2) is 9.07 Å². The van der Waals surface area contributed by atoms with Gasteiger partial charge in [-0.1, -0.05) is 12.1 Å². The van der Waals surface area contributed by atoms with Crippen molar-refractivity contribution in [1.82, 2.24) is 9.78 Å². The average Bonchev–Trinajstić information content (AvgIpc) is 3.02. The summed E-state index contributed by atoms with van der Waals surface area (Å²) in [7, 11) is 0. The Kier molecular flexibility index (Phi) is 5.34. The van der Waals surface area contributed by atoms with E-state index in [4.69, 9.17) is 4.74 Å². The van der Waals surface area contributed by atoms with E-state index in [1.54, 1.807) is 13.0 Å². The number of hydrogen-bond acceptors (Lipinski definition) is 3. The van der Waals surface area contributed by atoms with E-state index in [-0.39, 0.29) is 17.0 Å². The zero-order valence-corrected chi connectivity index (χ0v) is 14.6. The van der Waals surface area contributed by atoms with Gasteiger partial charge in [-0.3, -0.25) is 4.79 Å². The number of carbonyl (C=O) groups is 1. The molecule has 0 aliphatic heterocycles. The standard InChI is InChI=1S/C19H15F4N3O2/c1-12-15(10-24-26(12)14-8-6-13(20)7-9-14)18(27)25-16-4-2-3-5-17(16)28-11-19(21,22)23/h2-10H,11H2,1H3,(H,25,27). The second-order valence-electron chi connectivity index (χ2n) is 5.89. The van der Waals surface area contributed by atoms with E-state index in [1.165, 1.54) is 53.3 Å². The molecule has 0 atom stereocenters. The Morgan fingerprint density at radius 2 is 1.82 bits per heavy atom. The SMILES string of the molecule is Cc1c(C(=O)Nc2ccccc2OCC(F)(F)F)cnn1-c1ccc(F)cc1. The summed E-state index contributed by atoms with van der Waals surface area (Å²) in [4.78, 5) is 12.6. The monoisotopic (exact) mass is 393 g/mol. The lowest BCUT2D eigenvalue weighted by Crippen LogP contribution is -2.20. The molecule has 9 heteroatoms. The summed E-state index contributed by atoms with van der Waals surface area (Å²) >= 11 is 0. The van der Waals surface area contributed by atoms with Crippen LogP contribution in [0, 0.1) is 12.7 Å². The van der Waals surface area contributed by atoms with Crippen LogP contribution in [0.25, 0.3) is 5.69 Å². The number of anilines is 1. The molecule has 5 nitrogen and oxygen atoms in total. The second-order valence-corrected chi connectivity index (χ2v) is 5.89. The topological polar surface area (TPSA) is 56.1 Å². The van der Waals surface area contributed by atoms with Crippen LogP contribution in [-0.2, 0) is 0 Å². The largest absolute Gasteiger partial charge is 0.482 e. The average molecular weight is 393 g/mol. The van der Waals surface area contributed by atoms with Gasteiger partial charge in [0, 0.05) is 0 Å². The van der Waals surface area contributed by atoms with Crippen LogP contribution in [-0.4, -0.2) is 28.5 Å². The van der Waals surface area contributed by atoms with Crippen LogP contribution in [0.15, 0.2) is 54.7 Å². The maximum absolute atomic E-state index is 13.1. The van der Waals surface area contributed by atoms with Crippen LogP contribution in [0.4, 0.5) is 23.2 Å². The number of amides is 1. The number of alkyl halides is 3. The molecule has 0 saturated carbocycles. The van der Waals surface area contributed by atoms with E-state index in [0.29, 0.717) is 11.4 Å². The van der Waals surface area contributed by atoms with E-state index in [0.717, 1.165) is 0 Å². The van der Waals surface area contributed by atoms with Crippen molar-refractivity contribution in [2.24, 2.45) is 0 Å². The highest BCUT2D eigenvalue weighted by atomic mass is 19.4. The van der Waals surface area contributed by atoms with Crippen LogP contribution >= 0.6 is 0 Å². The van der Waals surface area contributed by atoms with Crippen molar-refractivity contribution in [3.63, 3.8) is 0 Å². The van der Waals surface area contributed by atoms with Gasteiger partial charge in [0.15, 0.2) is 6.61 Å². The Hall–Kier alpha value is -3.36. The van der Waals surface area contributed by atoms with Gasteiger partial charge < -0.3 is 10.1 Å². The number of carbonyl (C=O) groups excluding carboxylic acids is 1. The highest BCUT2D eigenvalue weighted by Crippen LogP contribution is 2.27. The molecule has 1 heterocycles. The van der Waals surface area contributed by atoms with Gasteiger partial charge in [-0.2, -0.15) is 18.3 Å². The molecule has 0 unspecified atom stereocenters. The number of aromatic nitrogens is 2. The fourth-order valence-corrected chi connectivity index (χ4v) is 2.52. The fraction of sp³-hybridized carbons (Fsp3) is 0.158. The molecule has 3 rings (SSSR count). The molecular weight excluding hydrogens is 378 g/mol. The summed E-state index contributed by atoms with van der Waals surface area (Å²) < 4.78 is 56.5. The summed E-state index contributed by atoms with van der Waals surface area (Å²) in [5, 5.41) is 6.66. The molecule has 0 saturated heterocycles. The van der Waals surface area contributed by atoms with Crippen LogP contribution in [0.2, 0.25) is 0 Å². The molecule has 0 fully saturated rings. The lowest BCUT2D eigenvalue weighted by Gasteiger charge is -2.13. The third kappa shape index (κ3) is 4.48. The number of para-hydroxylation sites is 2. The lowest BCUT2D eigenvalue weighted by molar-refractivity contribution is -0.153. The predicted octanol–water partition coefficient (Wildman–Crippen LogP) is 4.51. The van der Waals surface area contributed by atoms with Crippen molar-refractivity contribution >= 4 is 11.6 Å². The van der Waals surface area contributed by atoms with Gasteiger partial charge in [0.2, 0.25) is 0 Å². The van der Waals surface area contributed by atoms with Crippen LogP contribution < -0.4 is 10.1 Å². The minimum atomic E-state index is -4.50. The smallest absolute Gasteiger partial charge is 0.422 e. The quantitative estimate of drug-likeness (QED) is 0.649. The molecule has 0 aliphatic carbocycles. The van der Waals surface area contributed by atoms with Crippen molar-refractivity contribution in [2.75, 3.05) is 11.9 Å². The fourth-order valence-electron chi connectivity index (χ4n) is 2.52. The van der Waals surface area contributed by atoms with Crippen molar-refractivity contribution < 1.29 is 27.1 Å². The molecular formula is C19H15F4N3O2. The molecule has 146 valence electrons. The Bertz CT molecular complexity index is 982. The first-order valence-corrected chi connectivity index (χ1v) is 8.15. The predicted molar refractivity (Wildman–Crippen MR) is 94.2 cm³/mol.